The number of aromatic nitrogens is 2. The molecule has 3 rings (SSSR count). The van der Waals surface area contributed by atoms with Gasteiger partial charge < -0.3 is 4.98 Å². The van der Waals surface area contributed by atoms with E-state index < -0.39 is 11.7 Å². The highest BCUT2D eigenvalue weighted by Gasteiger charge is 2.30. The molecule has 1 aromatic carbocycles. The third-order valence-corrected chi connectivity index (χ3v) is 4.25. The summed E-state index contributed by atoms with van der Waals surface area (Å²) in [5.74, 6) is 0.00868. The second-order valence-electron chi connectivity index (χ2n) is 4.84. The fourth-order valence-electron chi connectivity index (χ4n) is 2.15. The molecule has 0 aliphatic carbocycles. The van der Waals surface area contributed by atoms with Crippen molar-refractivity contribution in [3.8, 4) is 0 Å². The molecule has 3 nitrogen and oxygen atoms in total. The van der Waals surface area contributed by atoms with Gasteiger partial charge in [-0.25, -0.2) is 4.98 Å². The standard InChI is InChI=1S/C16H11F3N2OS/c17-16(18,19)10-5-6-15(21-7-10)23-9-14(22)12-8-20-13-4-2-1-3-11(12)13/h1-8,20H,9H2. The second kappa shape index (κ2) is 6.08. The molecule has 0 saturated carbocycles. The molecule has 118 valence electrons. The van der Waals surface area contributed by atoms with Crippen LogP contribution >= 0.6 is 11.8 Å². The monoisotopic (exact) mass is 336 g/mol. The minimum absolute atomic E-state index is 0.103. The summed E-state index contributed by atoms with van der Waals surface area (Å²) in [4.78, 5) is 19.0. The van der Waals surface area contributed by atoms with E-state index in [-0.39, 0.29) is 11.5 Å². The fraction of sp³-hybridized carbons (Fsp3) is 0.125. The molecule has 2 aromatic heterocycles. The molecule has 23 heavy (non-hydrogen) atoms. The molecular formula is C16H11F3N2OS. The highest BCUT2D eigenvalue weighted by atomic mass is 32.2. The zero-order valence-corrected chi connectivity index (χ0v) is 12.5. The molecule has 0 aliphatic heterocycles. The van der Waals surface area contributed by atoms with Crippen LogP contribution in [0, 0.1) is 0 Å². The number of ketones is 1. The number of thioether (sulfide) groups is 1. The first-order valence-corrected chi connectivity index (χ1v) is 7.69. The quantitative estimate of drug-likeness (QED) is 0.561. The van der Waals surface area contributed by atoms with Gasteiger partial charge in [0.1, 0.15) is 0 Å². The lowest BCUT2D eigenvalue weighted by Crippen LogP contribution is -2.05. The number of alkyl halides is 3. The lowest BCUT2D eigenvalue weighted by Gasteiger charge is -2.06. The van der Waals surface area contributed by atoms with Crippen LogP contribution in [0.15, 0.2) is 53.8 Å². The van der Waals surface area contributed by atoms with Crippen LogP contribution in [0.25, 0.3) is 10.9 Å². The average molecular weight is 336 g/mol. The van der Waals surface area contributed by atoms with Crippen LogP contribution in [0.5, 0.6) is 0 Å². The van der Waals surface area contributed by atoms with Gasteiger partial charge in [0, 0.05) is 28.9 Å². The van der Waals surface area contributed by atoms with Crippen molar-refractivity contribution in [3.05, 3.63) is 59.9 Å². The number of fused-ring (bicyclic) bond motifs is 1. The van der Waals surface area contributed by atoms with Gasteiger partial charge in [-0.05, 0) is 18.2 Å². The number of hydrogen-bond acceptors (Lipinski definition) is 3. The van der Waals surface area contributed by atoms with Gasteiger partial charge in [-0.15, -0.1) is 0 Å². The summed E-state index contributed by atoms with van der Waals surface area (Å²) in [5.41, 5.74) is 0.637. The Kier molecular flexibility index (Phi) is 4.12. The summed E-state index contributed by atoms with van der Waals surface area (Å²) in [6.45, 7) is 0. The number of para-hydroxylation sites is 1. The van der Waals surface area contributed by atoms with Crippen LogP contribution in [0.4, 0.5) is 13.2 Å². The van der Waals surface area contributed by atoms with Crippen molar-refractivity contribution >= 4 is 28.4 Å². The third kappa shape index (κ3) is 3.39. The Bertz CT molecular complexity index is 840. The van der Waals surface area contributed by atoms with Crippen molar-refractivity contribution in [3.63, 3.8) is 0 Å². The predicted octanol–water partition coefficient (Wildman–Crippen LogP) is 4.56. The smallest absolute Gasteiger partial charge is 0.360 e. The predicted molar refractivity (Wildman–Crippen MR) is 82.6 cm³/mol. The van der Waals surface area contributed by atoms with E-state index in [1.807, 2.05) is 24.3 Å². The number of hydrogen-bond donors (Lipinski definition) is 1. The van der Waals surface area contributed by atoms with Crippen LogP contribution in [0.2, 0.25) is 0 Å². The number of halogens is 3. The van der Waals surface area contributed by atoms with E-state index in [1.165, 1.54) is 6.07 Å². The number of nitrogens with zero attached hydrogens (tertiary/aromatic N) is 1. The first-order valence-electron chi connectivity index (χ1n) is 6.70. The Morgan fingerprint density at radius 3 is 2.65 bits per heavy atom. The number of carbonyl (C=O) groups is 1. The van der Waals surface area contributed by atoms with Gasteiger partial charge in [0.15, 0.2) is 5.78 Å². The normalized spacial score (nSPS) is 11.8. The number of pyridine rings is 1. The Hall–Kier alpha value is -2.28. The van der Waals surface area contributed by atoms with Crippen molar-refractivity contribution in [2.75, 3.05) is 5.75 Å². The van der Waals surface area contributed by atoms with Gasteiger partial charge in [-0.3, -0.25) is 4.79 Å². The summed E-state index contributed by atoms with van der Waals surface area (Å²) in [5, 5.41) is 1.21. The summed E-state index contributed by atoms with van der Waals surface area (Å²) in [6, 6.07) is 9.67. The van der Waals surface area contributed by atoms with Gasteiger partial charge in [-0.2, -0.15) is 13.2 Å². The van der Waals surface area contributed by atoms with Crippen LogP contribution in [-0.4, -0.2) is 21.5 Å². The molecule has 0 bridgehead atoms. The molecular weight excluding hydrogens is 325 g/mol. The molecule has 0 spiro atoms. The summed E-state index contributed by atoms with van der Waals surface area (Å²) < 4.78 is 37.4. The minimum Gasteiger partial charge on any atom is -0.360 e. The van der Waals surface area contributed by atoms with E-state index in [4.69, 9.17) is 0 Å². The fourth-order valence-corrected chi connectivity index (χ4v) is 2.88. The number of carbonyl (C=O) groups excluding carboxylic acids is 1. The average Bonchev–Trinajstić information content (AvgIpc) is 2.96. The first kappa shape index (κ1) is 15.6. The maximum atomic E-state index is 12.5. The zero-order valence-electron chi connectivity index (χ0n) is 11.7. The van der Waals surface area contributed by atoms with E-state index in [0.717, 1.165) is 34.9 Å². The molecule has 3 aromatic rings. The van der Waals surface area contributed by atoms with Gasteiger partial charge in [0.2, 0.25) is 0 Å². The highest BCUT2D eigenvalue weighted by Crippen LogP contribution is 2.29. The number of aromatic amines is 1. The Morgan fingerprint density at radius 1 is 1.17 bits per heavy atom. The van der Waals surface area contributed by atoms with Gasteiger partial charge >= 0.3 is 6.18 Å². The van der Waals surface area contributed by atoms with E-state index in [1.54, 1.807) is 6.20 Å². The van der Waals surface area contributed by atoms with E-state index in [9.17, 15) is 18.0 Å². The van der Waals surface area contributed by atoms with Crippen molar-refractivity contribution in [1.82, 2.24) is 9.97 Å². The van der Waals surface area contributed by atoms with Gasteiger partial charge in [0.25, 0.3) is 0 Å². The number of nitrogens with one attached hydrogen (secondary N) is 1. The van der Waals surface area contributed by atoms with E-state index in [0.29, 0.717) is 10.6 Å². The first-order chi connectivity index (χ1) is 10.9. The van der Waals surface area contributed by atoms with Crippen LogP contribution in [-0.2, 0) is 6.18 Å². The Morgan fingerprint density at radius 2 is 1.96 bits per heavy atom. The molecule has 0 fully saturated rings. The maximum Gasteiger partial charge on any atom is 0.417 e. The molecule has 0 saturated heterocycles. The minimum atomic E-state index is -4.41. The lowest BCUT2D eigenvalue weighted by molar-refractivity contribution is -0.137. The van der Waals surface area contributed by atoms with Gasteiger partial charge in [-0.1, -0.05) is 30.0 Å². The van der Waals surface area contributed by atoms with Crippen molar-refractivity contribution < 1.29 is 18.0 Å². The molecule has 0 atom stereocenters. The van der Waals surface area contributed by atoms with Crippen molar-refractivity contribution in [2.24, 2.45) is 0 Å². The van der Waals surface area contributed by atoms with Crippen LogP contribution in [0.1, 0.15) is 15.9 Å². The number of benzene rings is 1. The molecule has 0 aliphatic rings. The third-order valence-electron chi connectivity index (χ3n) is 3.30. The van der Waals surface area contributed by atoms with Crippen molar-refractivity contribution in [1.29, 1.82) is 0 Å². The summed E-state index contributed by atoms with van der Waals surface area (Å²) in [6.07, 6.45) is -1.98. The molecule has 0 amide bonds. The zero-order chi connectivity index (χ0) is 16.4. The van der Waals surface area contributed by atoms with Crippen molar-refractivity contribution in [2.45, 2.75) is 11.2 Å². The number of rotatable bonds is 4. The highest BCUT2D eigenvalue weighted by molar-refractivity contribution is 7.99. The molecule has 2 heterocycles. The maximum absolute atomic E-state index is 12.5. The topological polar surface area (TPSA) is 45.8 Å². The Balaban J connectivity index is 1.69. The molecule has 7 heteroatoms. The summed E-state index contributed by atoms with van der Waals surface area (Å²) in [7, 11) is 0. The van der Waals surface area contributed by atoms with Crippen LogP contribution in [0.3, 0.4) is 0 Å². The number of Topliss-reactive ketones (excluding diaryl/α,β-unsaturated/α-hetero) is 1. The molecule has 1 N–H and O–H groups in total. The largest absolute Gasteiger partial charge is 0.417 e. The SMILES string of the molecule is O=C(CSc1ccc(C(F)(F)F)cn1)c1c[nH]c2ccccc12. The second-order valence-corrected chi connectivity index (χ2v) is 5.84. The molecule has 0 radical (unpaired) electrons. The van der Waals surface area contributed by atoms with Gasteiger partial charge in [0.05, 0.1) is 16.3 Å². The van der Waals surface area contributed by atoms with Crippen LogP contribution < -0.4 is 0 Å². The Labute approximate surface area is 133 Å². The number of H-pyrrole nitrogens is 1. The summed E-state index contributed by atoms with van der Waals surface area (Å²) >= 11 is 1.11. The van der Waals surface area contributed by atoms with E-state index >= 15 is 0 Å². The lowest BCUT2D eigenvalue weighted by atomic mass is 10.1. The molecule has 0 unspecified atom stereocenters. The van der Waals surface area contributed by atoms with E-state index in [2.05, 4.69) is 9.97 Å².